The molecule has 226 valence electrons. The Labute approximate surface area is 279 Å². The molecule has 0 spiro atoms. The van der Waals surface area contributed by atoms with Crippen molar-refractivity contribution in [1.82, 2.24) is 0 Å². The zero-order chi connectivity index (χ0) is 32.0. The Morgan fingerprint density at radius 1 is 0.354 bits per heavy atom. The van der Waals surface area contributed by atoms with Crippen LogP contribution in [0.1, 0.15) is 25.0 Å². The smallest absolute Gasteiger partial charge is 0.135 e. The molecule has 0 amide bonds. The highest BCUT2D eigenvalue weighted by molar-refractivity contribution is 6.21. The second-order valence-corrected chi connectivity index (χ2v) is 13.7. The van der Waals surface area contributed by atoms with Crippen LogP contribution < -0.4 is 0 Å². The summed E-state index contributed by atoms with van der Waals surface area (Å²) in [5, 5.41) is 7.43. The van der Waals surface area contributed by atoms with Gasteiger partial charge in [0, 0.05) is 16.2 Å². The molecule has 1 aliphatic carbocycles. The second kappa shape index (κ2) is 10.0. The van der Waals surface area contributed by atoms with Crippen LogP contribution in [-0.2, 0) is 5.41 Å². The Kier molecular flexibility index (Phi) is 5.69. The normalized spacial score (nSPS) is 13.4. The molecule has 1 nitrogen and oxygen atoms in total. The second-order valence-electron chi connectivity index (χ2n) is 13.7. The van der Waals surface area contributed by atoms with E-state index in [0.29, 0.717) is 0 Å². The third kappa shape index (κ3) is 3.85. The summed E-state index contributed by atoms with van der Waals surface area (Å²) in [6, 6.07) is 57.7. The first kappa shape index (κ1) is 27.2. The van der Waals surface area contributed by atoms with Gasteiger partial charge in [-0.05, 0) is 101 Å². The van der Waals surface area contributed by atoms with E-state index in [2.05, 4.69) is 166 Å². The third-order valence-electron chi connectivity index (χ3n) is 10.7. The van der Waals surface area contributed by atoms with Crippen LogP contribution in [0, 0.1) is 0 Å². The van der Waals surface area contributed by atoms with Crippen LogP contribution in [0.4, 0.5) is 0 Å². The number of hydrogen-bond donors (Lipinski definition) is 0. The molecule has 48 heavy (non-hydrogen) atoms. The standard InChI is InChI=1S/C47H32O/c1-47(2)41-25-24-32(26-38(41)39-27-40-33-14-10-11-19-43(33)48-44(40)28-42(39)47)46-36-17-8-6-15-34(36)45(35-16-7-9-18-37(35)46)31-22-20-30(21-23-31)29-12-4-3-5-13-29/h3-28H,1-2H3. The molecule has 1 heteroatoms. The Balaban J connectivity index is 1.20. The lowest BCUT2D eigenvalue weighted by Crippen LogP contribution is -2.14. The van der Waals surface area contributed by atoms with Gasteiger partial charge in [-0.3, -0.25) is 0 Å². The van der Waals surface area contributed by atoms with Crippen LogP contribution in [0.5, 0.6) is 0 Å². The van der Waals surface area contributed by atoms with Gasteiger partial charge in [-0.2, -0.15) is 0 Å². The van der Waals surface area contributed by atoms with Crippen molar-refractivity contribution in [2.24, 2.45) is 0 Å². The molecule has 0 radical (unpaired) electrons. The van der Waals surface area contributed by atoms with Crippen LogP contribution in [0.2, 0.25) is 0 Å². The van der Waals surface area contributed by atoms with E-state index < -0.39 is 0 Å². The van der Waals surface area contributed by atoms with Gasteiger partial charge in [0.2, 0.25) is 0 Å². The molecule has 0 unspecified atom stereocenters. The van der Waals surface area contributed by atoms with Gasteiger partial charge in [0.1, 0.15) is 11.2 Å². The Bertz CT molecular complexity index is 2670. The molecule has 1 aliphatic rings. The van der Waals surface area contributed by atoms with Crippen molar-refractivity contribution >= 4 is 43.5 Å². The van der Waals surface area contributed by atoms with Gasteiger partial charge in [-0.1, -0.05) is 147 Å². The van der Waals surface area contributed by atoms with E-state index in [4.69, 9.17) is 4.42 Å². The minimum atomic E-state index is -0.129. The number of furan rings is 1. The van der Waals surface area contributed by atoms with Gasteiger partial charge in [-0.15, -0.1) is 0 Å². The summed E-state index contributed by atoms with van der Waals surface area (Å²) in [5.74, 6) is 0. The Morgan fingerprint density at radius 2 is 0.854 bits per heavy atom. The summed E-state index contributed by atoms with van der Waals surface area (Å²) in [6.07, 6.45) is 0. The van der Waals surface area contributed by atoms with Gasteiger partial charge in [-0.25, -0.2) is 0 Å². The molecule has 0 fully saturated rings. The van der Waals surface area contributed by atoms with Gasteiger partial charge < -0.3 is 4.42 Å². The molecule has 0 atom stereocenters. The summed E-state index contributed by atoms with van der Waals surface area (Å²) in [4.78, 5) is 0. The van der Waals surface area contributed by atoms with E-state index in [-0.39, 0.29) is 5.41 Å². The van der Waals surface area contributed by atoms with Crippen LogP contribution in [0.25, 0.3) is 88.0 Å². The first-order valence-corrected chi connectivity index (χ1v) is 16.8. The maximum absolute atomic E-state index is 6.34. The molecule has 0 bridgehead atoms. The van der Waals surface area contributed by atoms with Gasteiger partial charge in [0.15, 0.2) is 0 Å². The predicted molar refractivity (Wildman–Crippen MR) is 203 cm³/mol. The summed E-state index contributed by atoms with van der Waals surface area (Å²) in [7, 11) is 0. The third-order valence-corrected chi connectivity index (χ3v) is 10.7. The van der Waals surface area contributed by atoms with E-state index in [0.717, 1.165) is 11.2 Å². The lowest BCUT2D eigenvalue weighted by Gasteiger charge is -2.22. The predicted octanol–water partition coefficient (Wildman–Crippen LogP) is 13.2. The number of benzene rings is 8. The quantitative estimate of drug-likeness (QED) is 0.181. The zero-order valence-electron chi connectivity index (χ0n) is 26.9. The van der Waals surface area contributed by atoms with Crippen LogP contribution in [0.3, 0.4) is 0 Å². The fraction of sp³-hybridized carbons (Fsp3) is 0.0638. The van der Waals surface area contributed by atoms with Crippen LogP contribution in [-0.4, -0.2) is 0 Å². The summed E-state index contributed by atoms with van der Waals surface area (Å²) >= 11 is 0. The van der Waals surface area contributed by atoms with Crippen molar-refractivity contribution in [3.8, 4) is 44.5 Å². The minimum Gasteiger partial charge on any atom is -0.456 e. The van der Waals surface area contributed by atoms with Crippen LogP contribution in [0.15, 0.2) is 162 Å². The summed E-state index contributed by atoms with van der Waals surface area (Å²) < 4.78 is 6.34. The fourth-order valence-electron chi connectivity index (χ4n) is 8.33. The zero-order valence-corrected chi connectivity index (χ0v) is 26.9. The topological polar surface area (TPSA) is 13.1 Å². The van der Waals surface area contributed by atoms with Crippen molar-refractivity contribution < 1.29 is 4.42 Å². The summed E-state index contributed by atoms with van der Waals surface area (Å²) in [5.41, 5.74) is 14.6. The molecule has 9 aromatic rings. The SMILES string of the molecule is CC1(C)c2ccc(-c3c4ccccc4c(-c4ccc(-c5ccccc5)cc4)c4ccccc34)cc2-c2cc3c(cc21)oc1ccccc13. The van der Waals surface area contributed by atoms with Crippen molar-refractivity contribution in [2.45, 2.75) is 19.3 Å². The first-order chi connectivity index (χ1) is 23.6. The van der Waals surface area contributed by atoms with E-state index in [9.17, 15) is 0 Å². The van der Waals surface area contributed by atoms with Crippen molar-refractivity contribution in [1.29, 1.82) is 0 Å². The molecule has 0 saturated heterocycles. The van der Waals surface area contributed by atoms with E-state index in [1.807, 2.05) is 6.07 Å². The Hall–Kier alpha value is -5.92. The van der Waals surface area contributed by atoms with E-state index >= 15 is 0 Å². The van der Waals surface area contributed by atoms with Crippen molar-refractivity contribution in [2.75, 3.05) is 0 Å². The molecule has 1 aromatic heterocycles. The molecule has 0 aliphatic heterocycles. The molecular formula is C47H32O. The Morgan fingerprint density at radius 3 is 1.52 bits per heavy atom. The van der Waals surface area contributed by atoms with Gasteiger partial charge in [0.05, 0.1) is 0 Å². The van der Waals surface area contributed by atoms with Gasteiger partial charge >= 0.3 is 0 Å². The molecule has 0 saturated carbocycles. The van der Waals surface area contributed by atoms with Crippen LogP contribution >= 0.6 is 0 Å². The van der Waals surface area contributed by atoms with E-state index in [1.54, 1.807) is 0 Å². The molecule has 8 aromatic carbocycles. The molecule has 10 rings (SSSR count). The molecule has 1 heterocycles. The fourth-order valence-corrected chi connectivity index (χ4v) is 8.33. The van der Waals surface area contributed by atoms with Crippen molar-refractivity contribution in [3.05, 3.63) is 169 Å². The highest BCUT2D eigenvalue weighted by atomic mass is 16.3. The minimum absolute atomic E-state index is 0.129. The van der Waals surface area contributed by atoms with Gasteiger partial charge in [0.25, 0.3) is 0 Å². The highest BCUT2D eigenvalue weighted by Crippen LogP contribution is 2.53. The summed E-state index contributed by atoms with van der Waals surface area (Å²) in [6.45, 7) is 4.68. The average Bonchev–Trinajstić information content (AvgIpc) is 3.61. The lowest BCUT2D eigenvalue weighted by atomic mass is 9.81. The first-order valence-electron chi connectivity index (χ1n) is 16.8. The van der Waals surface area contributed by atoms with Crippen molar-refractivity contribution in [3.63, 3.8) is 0 Å². The monoisotopic (exact) mass is 612 g/mol. The number of para-hydroxylation sites is 1. The maximum atomic E-state index is 6.34. The molecular weight excluding hydrogens is 581 g/mol. The number of rotatable bonds is 3. The molecule has 0 N–H and O–H groups in total. The highest BCUT2D eigenvalue weighted by Gasteiger charge is 2.36. The average molecular weight is 613 g/mol. The number of hydrogen-bond acceptors (Lipinski definition) is 1. The maximum Gasteiger partial charge on any atom is 0.135 e. The lowest BCUT2D eigenvalue weighted by molar-refractivity contribution is 0.647. The van der Waals surface area contributed by atoms with E-state index in [1.165, 1.54) is 88.0 Å². The largest absolute Gasteiger partial charge is 0.456 e. The number of fused-ring (bicyclic) bond motifs is 8.